The fraction of sp³-hybridized carbons (Fsp3) is 0.471. The second-order valence-electron chi connectivity index (χ2n) is 6.17. The molecule has 0 saturated carbocycles. The summed E-state index contributed by atoms with van der Waals surface area (Å²) in [5, 5.41) is 2.45. The molecule has 0 bridgehead atoms. The maximum absolute atomic E-state index is 11.8. The fourth-order valence-corrected chi connectivity index (χ4v) is 1.93. The van der Waals surface area contributed by atoms with Crippen molar-refractivity contribution in [2.24, 2.45) is 0 Å². The van der Waals surface area contributed by atoms with Crippen molar-refractivity contribution in [3.8, 4) is 0 Å². The monoisotopic (exact) mass is 321 g/mol. The summed E-state index contributed by atoms with van der Waals surface area (Å²) in [6, 6.07) is 6.45. The Hall–Kier alpha value is -2.21. The van der Waals surface area contributed by atoms with Gasteiger partial charge in [-0.25, -0.2) is 4.79 Å². The maximum atomic E-state index is 11.8. The molecule has 1 rings (SSSR count). The van der Waals surface area contributed by atoms with Crippen molar-refractivity contribution in [2.45, 2.75) is 45.4 Å². The number of benzene rings is 1. The number of aldehydes is 1. The van der Waals surface area contributed by atoms with Gasteiger partial charge in [-0.3, -0.25) is 9.59 Å². The third kappa shape index (κ3) is 7.06. The summed E-state index contributed by atoms with van der Waals surface area (Å²) in [4.78, 5) is 34.3. The first-order valence-electron chi connectivity index (χ1n) is 7.30. The van der Waals surface area contributed by atoms with Crippen LogP contribution in [0.15, 0.2) is 24.3 Å². The lowest BCUT2D eigenvalue weighted by Crippen LogP contribution is -2.45. The summed E-state index contributed by atoms with van der Waals surface area (Å²) in [5.41, 5.74) is 1.14. The molecule has 0 fully saturated rings. The molecular formula is C17H23NO5. The van der Waals surface area contributed by atoms with Gasteiger partial charge in [-0.2, -0.15) is 0 Å². The molecule has 23 heavy (non-hydrogen) atoms. The molecule has 6 nitrogen and oxygen atoms in total. The summed E-state index contributed by atoms with van der Waals surface area (Å²) >= 11 is 0. The molecule has 0 aliphatic rings. The quantitative estimate of drug-likeness (QED) is 0.614. The molecular weight excluding hydrogens is 298 g/mol. The number of ether oxygens (including phenoxy) is 2. The van der Waals surface area contributed by atoms with Gasteiger partial charge >= 0.3 is 6.09 Å². The van der Waals surface area contributed by atoms with E-state index in [1.165, 1.54) is 0 Å². The molecule has 0 radical (unpaired) electrons. The molecule has 6 heteroatoms. The van der Waals surface area contributed by atoms with Crippen LogP contribution in [0.2, 0.25) is 0 Å². The van der Waals surface area contributed by atoms with E-state index in [1.54, 1.807) is 27.9 Å². The second kappa shape index (κ2) is 8.43. The Morgan fingerprint density at radius 2 is 1.74 bits per heavy atom. The standard InChI is InChI=1S/C17H23NO5/c1-17(2,3)23-16(21)18-14(15(20)10-19)9-12-5-7-13(8-6-12)11-22-4/h5-8,10,14H,9,11H2,1-4H3,(H,18,21)/t14-/m0/s1. The van der Waals surface area contributed by atoms with Crippen molar-refractivity contribution >= 4 is 18.2 Å². The number of alkyl carbamates (subject to hydrolysis) is 1. The van der Waals surface area contributed by atoms with Crippen LogP contribution in [0.1, 0.15) is 31.9 Å². The first-order valence-corrected chi connectivity index (χ1v) is 7.30. The lowest BCUT2D eigenvalue weighted by Gasteiger charge is -2.22. The molecule has 0 aliphatic heterocycles. The van der Waals surface area contributed by atoms with Gasteiger partial charge in [0.25, 0.3) is 0 Å². The Morgan fingerprint density at radius 1 is 1.17 bits per heavy atom. The topological polar surface area (TPSA) is 81.7 Å². The zero-order valence-corrected chi connectivity index (χ0v) is 13.9. The van der Waals surface area contributed by atoms with Gasteiger partial charge in [-0.1, -0.05) is 24.3 Å². The number of ketones is 1. The van der Waals surface area contributed by atoms with Crippen LogP contribution in [-0.2, 0) is 32.1 Å². The second-order valence-corrected chi connectivity index (χ2v) is 6.17. The number of methoxy groups -OCH3 is 1. The first kappa shape index (κ1) is 18.8. The number of carbonyl (C=O) groups is 3. The van der Waals surface area contributed by atoms with Crippen LogP contribution in [0.5, 0.6) is 0 Å². The summed E-state index contributed by atoms with van der Waals surface area (Å²) < 4.78 is 10.1. The van der Waals surface area contributed by atoms with Crippen LogP contribution in [0.3, 0.4) is 0 Å². The third-order valence-electron chi connectivity index (χ3n) is 2.92. The van der Waals surface area contributed by atoms with Gasteiger partial charge in [0.05, 0.1) is 6.61 Å². The smallest absolute Gasteiger partial charge is 0.408 e. The van der Waals surface area contributed by atoms with Gasteiger partial charge in [0.1, 0.15) is 11.6 Å². The van der Waals surface area contributed by atoms with Gasteiger partial charge in [-0.05, 0) is 31.9 Å². The number of nitrogens with one attached hydrogen (secondary N) is 1. The molecule has 1 aromatic carbocycles. The summed E-state index contributed by atoms with van der Waals surface area (Å²) in [6.45, 7) is 5.65. The van der Waals surface area contributed by atoms with Crippen molar-refractivity contribution in [1.29, 1.82) is 0 Å². The van der Waals surface area contributed by atoms with E-state index >= 15 is 0 Å². The van der Waals surface area contributed by atoms with Crippen LogP contribution in [0.25, 0.3) is 0 Å². The summed E-state index contributed by atoms with van der Waals surface area (Å²) in [6.07, 6.45) is -0.306. The largest absolute Gasteiger partial charge is 0.444 e. The van der Waals surface area contributed by atoms with E-state index in [2.05, 4.69) is 5.32 Å². The number of amides is 1. The summed E-state index contributed by atoms with van der Waals surface area (Å²) in [7, 11) is 1.61. The minimum atomic E-state index is -0.948. The van der Waals surface area contributed by atoms with E-state index in [0.717, 1.165) is 11.1 Å². The van der Waals surface area contributed by atoms with Crippen molar-refractivity contribution in [1.82, 2.24) is 5.32 Å². The van der Waals surface area contributed by atoms with Crippen molar-refractivity contribution in [3.63, 3.8) is 0 Å². The van der Waals surface area contributed by atoms with Gasteiger partial charge in [0.2, 0.25) is 5.78 Å². The highest BCUT2D eigenvalue weighted by atomic mass is 16.6. The fourth-order valence-electron chi connectivity index (χ4n) is 1.93. The molecule has 1 N–H and O–H groups in total. The van der Waals surface area contributed by atoms with Gasteiger partial charge < -0.3 is 14.8 Å². The molecule has 1 atom stereocenters. The Bertz CT molecular complexity index is 545. The Morgan fingerprint density at radius 3 is 2.22 bits per heavy atom. The van der Waals surface area contributed by atoms with Gasteiger partial charge in [0, 0.05) is 13.5 Å². The average Bonchev–Trinajstić information content (AvgIpc) is 2.46. The Balaban J connectivity index is 2.76. The molecule has 0 saturated heterocycles. The van der Waals surface area contributed by atoms with E-state index in [4.69, 9.17) is 9.47 Å². The minimum absolute atomic E-state index is 0.210. The predicted octanol–water partition coefficient (Wildman–Crippen LogP) is 2.04. The number of hydrogen-bond acceptors (Lipinski definition) is 5. The molecule has 1 amide bonds. The highest BCUT2D eigenvalue weighted by Crippen LogP contribution is 2.10. The lowest BCUT2D eigenvalue weighted by atomic mass is 10.0. The highest BCUT2D eigenvalue weighted by molar-refractivity contribution is 6.27. The Labute approximate surface area is 136 Å². The van der Waals surface area contributed by atoms with E-state index in [9.17, 15) is 14.4 Å². The molecule has 0 spiro atoms. The van der Waals surface area contributed by atoms with E-state index < -0.39 is 23.5 Å². The van der Waals surface area contributed by atoms with E-state index in [-0.39, 0.29) is 12.7 Å². The normalized spacial score (nSPS) is 12.3. The van der Waals surface area contributed by atoms with Crippen LogP contribution < -0.4 is 5.32 Å². The van der Waals surface area contributed by atoms with Crippen molar-refractivity contribution in [3.05, 3.63) is 35.4 Å². The number of carbonyl (C=O) groups excluding carboxylic acids is 3. The van der Waals surface area contributed by atoms with Crippen LogP contribution >= 0.6 is 0 Å². The van der Waals surface area contributed by atoms with E-state index in [0.29, 0.717) is 6.61 Å². The number of Topliss-reactive ketones (excluding diaryl/α,β-unsaturated/α-hetero) is 1. The molecule has 1 aromatic rings. The molecule has 0 aliphatic carbocycles. The zero-order chi connectivity index (χ0) is 17.5. The number of rotatable bonds is 7. The van der Waals surface area contributed by atoms with Crippen molar-refractivity contribution < 1.29 is 23.9 Å². The highest BCUT2D eigenvalue weighted by Gasteiger charge is 2.24. The molecule has 126 valence electrons. The minimum Gasteiger partial charge on any atom is -0.444 e. The third-order valence-corrected chi connectivity index (χ3v) is 2.92. The SMILES string of the molecule is COCc1ccc(C[C@H](NC(=O)OC(C)(C)C)C(=O)C=O)cc1. The van der Waals surface area contributed by atoms with Crippen LogP contribution in [0, 0.1) is 0 Å². The molecule has 0 unspecified atom stereocenters. The Kier molecular flexibility index (Phi) is 6.90. The van der Waals surface area contributed by atoms with Gasteiger partial charge in [-0.15, -0.1) is 0 Å². The van der Waals surface area contributed by atoms with Crippen molar-refractivity contribution in [2.75, 3.05) is 7.11 Å². The number of hydrogen-bond donors (Lipinski definition) is 1. The molecule has 0 aromatic heterocycles. The van der Waals surface area contributed by atoms with Gasteiger partial charge in [0.15, 0.2) is 6.29 Å². The zero-order valence-electron chi connectivity index (χ0n) is 13.9. The first-order chi connectivity index (χ1) is 10.7. The maximum Gasteiger partial charge on any atom is 0.408 e. The predicted molar refractivity (Wildman–Crippen MR) is 85.1 cm³/mol. The van der Waals surface area contributed by atoms with E-state index in [1.807, 2.05) is 24.3 Å². The lowest BCUT2D eigenvalue weighted by molar-refractivity contribution is -0.131. The summed E-state index contributed by atoms with van der Waals surface area (Å²) in [5.74, 6) is -0.697. The van der Waals surface area contributed by atoms with Crippen LogP contribution in [-0.4, -0.2) is 36.9 Å². The average molecular weight is 321 g/mol. The molecule has 0 heterocycles. The van der Waals surface area contributed by atoms with Crippen LogP contribution in [0.4, 0.5) is 4.79 Å².